The normalized spacial score (nSPS) is 23.0. The molecule has 1 saturated carbocycles. The van der Waals surface area contributed by atoms with Crippen molar-refractivity contribution >= 4 is 29.8 Å². The summed E-state index contributed by atoms with van der Waals surface area (Å²) in [6, 6.07) is 32.7. The second kappa shape index (κ2) is 22.0. The number of hydrogen-bond acceptors (Lipinski definition) is 12. The predicted molar refractivity (Wildman–Crippen MR) is 235 cm³/mol. The molecule has 6 rings (SSSR count). The maximum atomic E-state index is 14.2. The molecule has 2 fully saturated rings. The molecule has 0 bridgehead atoms. The number of ether oxygens (including phenoxy) is 6. The Morgan fingerprint density at radius 3 is 1.54 bits per heavy atom. The van der Waals surface area contributed by atoms with Crippen molar-refractivity contribution in [3.63, 3.8) is 0 Å². The van der Waals surface area contributed by atoms with E-state index in [9.17, 15) is 24.0 Å². The standard InChI is InChI=1S/C51H59NO11/c1-33(2)30-40(50(57)63-51(3,4)5)52-39-29-19-18-28-38(31-39)42-44(61-48(55)36-24-14-8-15-25-36)45(62-49(56)37-26-16-9-17-27-37)43(60-47(54)35-22-12-7-13-23-35)41(59-42)32-58-46(53)34-20-10-6-11-21-34/h6-17,20-27,33,38-45,52H,18-19,28-32H2,1-5H3/t38?,39?,40-,41+,42-,43-,44-,45-/m0/s1. The van der Waals surface area contributed by atoms with Gasteiger partial charge in [0.2, 0.25) is 0 Å². The first-order chi connectivity index (χ1) is 30.3. The third kappa shape index (κ3) is 13.3. The van der Waals surface area contributed by atoms with Crippen LogP contribution in [0.25, 0.3) is 0 Å². The molecule has 1 aliphatic heterocycles. The molecule has 0 spiro atoms. The Kier molecular flexibility index (Phi) is 16.3. The fourth-order valence-corrected chi connectivity index (χ4v) is 8.19. The molecule has 0 radical (unpaired) electrons. The van der Waals surface area contributed by atoms with E-state index in [0.717, 1.165) is 19.3 Å². The van der Waals surface area contributed by atoms with Gasteiger partial charge in [-0.05, 0) is 107 Å². The van der Waals surface area contributed by atoms with Crippen LogP contribution in [0, 0.1) is 11.8 Å². The van der Waals surface area contributed by atoms with E-state index in [2.05, 4.69) is 19.2 Å². The van der Waals surface area contributed by atoms with E-state index >= 15 is 0 Å². The summed E-state index contributed by atoms with van der Waals surface area (Å²) in [5.74, 6) is -3.36. The highest BCUT2D eigenvalue weighted by molar-refractivity contribution is 5.91. The molecule has 12 heteroatoms. The van der Waals surface area contributed by atoms with Crippen molar-refractivity contribution in [1.29, 1.82) is 0 Å². The van der Waals surface area contributed by atoms with E-state index in [1.54, 1.807) is 121 Å². The zero-order valence-electron chi connectivity index (χ0n) is 36.7. The van der Waals surface area contributed by atoms with E-state index < -0.39 is 72.6 Å². The Bertz CT molecular complexity index is 2110. The number of esters is 5. The highest BCUT2D eigenvalue weighted by Gasteiger charge is 2.55. The molecular weight excluding hydrogens is 803 g/mol. The van der Waals surface area contributed by atoms with Crippen LogP contribution in [-0.4, -0.2) is 84.7 Å². The van der Waals surface area contributed by atoms with Gasteiger partial charge in [0, 0.05) is 6.04 Å². The first kappa shape index (κ1) is 46.6. The van der Waals surface area contributed by atoms with Crippen LogP contribution < -0.4 is 5.32 Å². The minimum Gasteiger partial charge on any atom is -0.459 e. The summed E-state index contributed by atoms with van der Waals surface area (Å²) >= 11 is 0. The molecule has 0 aromatic heterocycles. The van der Waals surface area contributed by atoms with Gasteiger partial charge >= 0.3 is 29.8 Å². The number of carbonyl (C=O) groups excluding carboxylic acids is 5. The molecule has 8 atom stereocenters. The molecule has 1 saturated heterocycles. The van der Waals surface area contributed by atoms with E-state index in [-0.39, 0.29) is 40.5 Å². The first-order valence-corrected chi connectivity index (χ1v) is 21.9. The van der Waals surface area contributed by atoms with E-state index in [1.165, 1.54) is 0 Å². The minimum atomic E-state index is -1.44. The van der Waals surface area contributed by atoms with Gasteiger partial charge in [-0.25, -0.2) is 19.2 Å². The van der Waals surface area contributed by atoms with E-state index in [1.807, 2.05) is 20.8 Å². The highest BCUT2D eigenvalue weighted by Crippen LogP contribution is 2.39. The van der Waals surface area contributed by atoms with Gasteiger partial charge in [0.25, 0.3) is 0 Å². The number of rotatable bonds is 15. The lowest BCUT2D eigenvalue weighted by Crippen LogP contribution is -2.64. The van der Waals surface area contributed by atoms with Crippen molar-refractivity contribution in [2.75, 3.05) is 6.61 Å². The van der Waals surface area contributed by atoms with Gasteiger partial charge in [-0.2, -0.15) is 0 Å². The van der Waals surface area contributed by atoms with Crippen molar-refractivity contribution < 1.29 is 52.4 Å². The van der Waals surface area contributed by atoms with Crippen LogP contribution in [-0.2, 0) is 33.2 Å². The Hall–Kier alpha value is -5.85. The summed E-state index contributed by atoms with van der Waals surface area (Å²) in [6.07, 6.45) is -2.35. The largest absolute Gasteiger partial charge is 0.459 e. The number of nitrogens with one attached hydrogen (secondary N) is 1. The molecule has 2 aliphatic rings. The molecule has 4 aromatic carbocycles. The van der Waals surface area contributed by atoms with Gasteiger partial charge in [0.15, 0.2) is 18.3 Å². The molecule has 12 nitrogen and oxygen atoms in total. The van der Waals surface area contributed by atoms with Crippen LogP contribution in [0.4, 0.5) is 0 Å². The second-order valence-electron chi connectivity index (χ2n) is 17.7. The number of hydrogen-bond donors (Lipinski definition) is 1. The van der Waals surface area contributed by atoms with Gasteiger partial charge in [0.05, 0.1) is 22.3 Å². The first-order valence-electron chi connectivity index (χ1n) is 21.9. The third-order valence-electron chi connectivity index (χ3n) is 11.1. The maximum Gasteiger partial charge on any atom is 0.338 e. The Balaban J connectivity index is 1.42. The topological polar surface area (TPSA) is 153 Å². The monoisotopic (exact) mass is 861 g/mol. The molecule has 0 amide bonds. The SMILES string of the molecule is CC(C)C[C@H](NC1CCCCC([C@@H]2O[C@H](COC(=O)c3ccccc3)[C@H](OC(=O)c3ccccc3)[C@H](OC(=O)c3ccccc3)[C@H]2OC(=O)c2ccccc2)C1)C(=O)OC(C)(C)C. The summed E-state index contributed by atoms with van der Waals surface area (Å²) < 4.78 is 37.7. The van der Waals surface area contributed by atoms with Crippen LogP contribution in [0.5, 0.6) is 0 Å². The van der Waals surface area contributed by atoms with Gasteiger partial charge in [0.1, 0.15) is 30.5 Å². The average Bonchev–Trinajstić information content (AvgIpc) is 3.52. The highest BCUT2D eigenvalue weighted by atomic mass is 16.7. The lowest BCUT2D eigenvalue weighted by Gasteiger charge is -2.47. The summed E-state index contributed by atoms with van der Waals surface area (Å²) in [5, 5.41) is 3.63. The Labute approximate surface area is 369 Å². The fourth-order valence-electron chi connectivity index (χ4n) is 8.19. The zero-order chi connectivity index (χ0) is 44.9. The smallest absolute Gasteiger partial charge is 0.338 e. The summed E-state index contributed by atoms with van der Waals surface area (Å²) in [7, 11) is 0. The quantitative estimate of drug-likeness (QED) is 0.0692. The molecule has 2 unspecified atom stereocenters. The van der Waals surface area contributed by atoms with Gasteiger partial charge in [-0.1, -0.05) is 99.5 Å². The van der Waals surface area contributed by atoms with E-state index in [4.69, 9.17) is 28.4 Å². The number of benzene rings is 4. The molecule has 1 aliphatic carbocycles. The molecule has 4 aromatic rings. The van der Waals surface area contributed by atoms with E-state index in [0.29, 0.717) is 24.8 Å². The van der Waals surface area contributed by atoms with Gasteiger partial charge in [-0.15, -0.1) is 0 Å². The van der Waals surface area contributed by atoms with Gasteiger partial charge < -0.3 is 33.7 Å². The van der Waals surface area contributed by atoms with Crippen LogP contribution in [0.3, 0.4) is 0 Å². The van der Waals surface area contributed by atoms with Crippen LogP contribution >= 0.6 is 0 Å². The molecule has 1 heterocycles. The lowest BCUT2D eigenvalue weighted by atomic mass is 9.82. The molecular formula is C51H59NO11. The van der Waals surface area contributed by atoms with Crippen molar-refractivity contribution in [3.8, 4) is 0 Å². The summed E-state index contributed by atoms with van der Waals surface area (Å²) in [4.78, 5) is 69.4. The zero-order valence-corrected chi connectivity index (χ0v) is 36.7. The number of carbonyl (C=O) groups is 5. The van der Waals surface area contributed by atoms with Crippen LogP contribution in [0.1, 0.15) is 115 Å². The predicted octanol–water partition coefficient (Wildman–Crippen LogP) is 8.58. The Morgan fingerprint density at radius 2 is 1.06 bits per heavy atom. The summed E-state index contributed by atoms with van der Waals surface area (Å²) in [6.45, 7) is 9.23. The van der Waals surface area contributed by atoms with Crippen molar-refractivity contribution in [2.24, 2.45) is 11.8 Å². The second-order valence-corrected chi connectivity index (χ2v) is 17.7. The summed E-state index contributed by atoms with van der Waals surface area (Å²) in [5.41, 5.74) is 0.283. The van der Waals surface area contributed by atoms with Crippen molar-refractivity contribution in [3.05, 3.63) is 144 Å². The Morgan fingerprint density at radius 1 is 0.619 bits per heavy atom. The van der Waals surface area contributed by atoms with Crippen molar-refractivity contribution in [2.45, 2.75) is 121 Å². The molecule has 1 N–H and O–H groups in total. The van der Waals surface area contributed by atoms with Crippen LogP contribution in [0.15, 0.2) is 121 Å². The maximum absolute atomic E-state index is 14.2. The van der Waals surface area contributed by atoms with Crippen molar-refractivity contribution in [1.82, 2.24) is 5.32 Å². The van der Waals surface area contributed by atoms with Gasteiger partial charge in [-0.3, -0.25) is 4.79 Å². The average molecular weight is 862 g/mol. The van der Waals surface area contributed by atoms with Crippen LogP contribution in [0.2, 0.25) is 0 Å². The minimum absolute atomic E-state index is 0.184. The molecule has 334 valence electrons. The third-order valence-corrected chi connectivity index (χ3v) is 11.1. The lowest BCUT2D eigenvalue weighted by molar-refractivity contribution is -0.241. The molecule has 63 heavy (non-hydrogen) atoms. The fraction of sp³-hybridized carbons (Fsp3) is 0.431.